The normalized spacial score (nSPS) is 10.1. The molecule has 0 aliphatic carbocycles. The van der Waals surface area contributed by atoms with Gasteiger partial charge < -0.3 is 10.5 Å². The van der Waals surface area contributed by atoms with Crippen molar-refractivity contribution < 1.29 is 4.74 Å². The average molecular weight is 218 g/mol. The molecule has 7 heteroatoms. The molecule has 2 rings (SSSR count). The first kappa shape index (κ1) is 10.1. The van der Waals surface area contributed by atoms with E-state index in [1.54, 1.807) is 24.1 Å². The highest BCUT2D eigenvalue weighted by atomic mass is 16.5. The zero-order valence-corrected chi connectivity index (χ0v) is 8.58. The van der Waals surface area contributed by atoms with Crippen LogP contribution in [0.15, 0.2) is 24.8 Å². The van der Waals surface area contributed by atoms with Gasteiger partial charge in [0.15, 0.2) is 5.75 Å². The summed E-state index contributed by atoms with van der Waals surface area (Å²) in [7, 11) is 1.79. The van der Waals surface area contributed by atoms with E-state index in [4.69, 9.17) is 15.9 Å². The van der Waals surface area contributed by atoms with Crippen molar-refractivity contribution in [3.63, 3.8) is 0 Å². The number of ether oxygens (including phenoxy) is 1. The Morgan fingerprint density at radius 3 is 2.69 bits per heavy atom. The Morgan fingerprint density at radius 2 is 2.19 bits per heavy atom. The van der Waals surface area contributed by atoms with Gasteiger partial charge in [-0.25, -0.2) is 9.97 Å². The standard InChI is InChI=1S/C9H10N6O/c1-15-5-6(2-14-15)16-8-4-12-7(3-13-8)9(10)11/h2-5H,1H3,(H3,10,11). The van der Waals surface area contributed by atoms with E-state index in [1.807, 2.05) is 0 Å². The van der Waals surface area contributed by atoms with Gasteiger partial charge >= 0.3 is 0 Å². The molecule has 0 unspecified atom stereocenters. The van der Waals surface area contributed by atoms with Crippen molar-refractivity contribution in [2.75, 3.05) is 0 Å². The van der Waals surface area contributed by atoms with Gasteiger partial charge in [0.2, 0.25) is 5.88 Å². The molecular formula is C9H10N6O. The van der Waals surface area contributed by atoms with Crippen molar-refractivity contribution in [1.29, 1.82) is 5.41 Å². The van der Waals surface area contributed by atoms with Crippen LogP contribution >= 0.6 is 0 Å². The molecule has 0 saturated carbocycles. The monoisotopic (exact) mass is 218 g/mol. The number of nitrogens with zero attached hydrogens (tertiary/aromatic N) is 4. The number of hydrogen-bond acceptors (Lipinski definition) is 5. The Hall–Kier alpha value is -2.44. The number of hydrogen-bond donors (Lipinski definition) is 2. The van der Waals surface area contributed by atoms with E-state index in [1.165, 1.54) is 12.4 Å². The molecule has 7 nitrogen and oxygen atoms in total. The maximum atomic E-state index is 7.15. The Morgan fingerprint density at radius 1 is 1.38 bits per heavy atom. The fourth-order valence-electron chi connectivity index (χ4n) is 1.08. The van der Waals surface area contributed by atoms with Crippen LogP contribution in [0, 0.1) is 5.41 Å². The van der Waals surface area contributed by atoms with Gasteiger partial charge in [0.1, 0.15) is 11.5 Å². The Kier molecular flexibility index (Phi) is 2.50. The highest BCUT2D eigenvalue weighted by Crippen LogP contribution is 2.16. The predicted octanol–water partition coefficient (Wildman–Crippen LogP) is 0.286. The summed E-state index contributed by atoms with van der Waals surface area (Å²) in [5, 5.41) is 11.1. The molecule has 0 atom stereocenters. The van der Waals surface area contributed by atoms with Crippen molar-refractivity contribution >= 4 is 5.84 Å². The van der Waals surface area contributed by atoms with Gasteiger partial charge in [0, 0.05) is 7.05 Å². The van der Waals surface area contributed by atoms with Gasteiger partial charge in [-0.05, 0) is 0 Å². The molecule has 82 valence electrons. The molecule has 0 fully saturated rings. The maximum Gasteiger partial charge on any atom is 0.238 e. The summed E-state index contributed by atoms with van der Waals surface area (Å²) in [6.45, 7) is 0. The molecule has 0 aliphatic heterocycles. The van der Waals surface area contributed by atoms with Crippen LogP contribution in [0.2, 0.25) is 0 Å². The van der Waals surface area contributed by atoms with Crippen molar-refractivity contribution in [2.24, 2.45) is 12.8 Å². The van der Waals surface area contributed by atoms with Crippen molar-refractivity contribution in [1.82, 2.24) is 19.7 Å². The van der Waals surface area contributed by atoms with Crippen molar-refractivity contribution in [2.45, 2.75) is 0 Å². The van der Waals surface area contributed by atoms with Gasteiger partial charge in [0.05, 0.1) is 24.8 Å². The second-order valence-corrected chi connectivity index (χ2v) is 3.11. The molecule has 0 bridgehead atoms. The van der Waals surface area contributed by atoms with Crippen LogP contribution in [0.25, 0.3) is 0 Å². The quantitative estimate of drug-likeness (QED) is 0.569. The Labute approximate surface area is 91.4 Å². The summed E-state index contributed by atoms with van der Waals surface area (Å²) in [5.41, 5.74) is 5.56. The number of rotatable bonds is 3. The van der Waals surface area contributed by atoms with Gasteiger partial charge in [-0.15, -0.1) is 0 Å². The minimum Gasteiger partial charge on any atom is -0.434 e. The van der Waals surface area contributed by atoms with Crippen LogP contribution in [0.1, 0.15) is 5.69 Å². The first-order valence-corrected chi connectivity index (χ1v) is 4.48. The molecular weight excluding hydrogens is 208 g/mol. The fraction of sp³-hybridized carbons (Fsp3) is 0.111. The second kappa shape index (κ2) is 3.97. The van der Waals surface area contributed by atoms with E-state index >= 15 is 0 Å². The van der Waals surface area contributed by atoms with Crippen LogP contribution in [0.3, 0.4) is 0 Å². The third kappa shape index (κ3) is 2.14. The molecule has 0 radical (unpaired) electrons. The maximum absolute atomic E-state index is 7.15. The molecule has 2 aromatic heterocycles. The van der Waals surface area contributed by atoms with E-state index < -0.39 is 0 Å². The molecule has 16 heavy (non-hydrogen) atoms. The van der Waals surface area contributed by atoms with E-state index in [2.05, 4.69) is 15.1 Å². The predicted molar refractivity (Wildman–Crippen MR) is 56.3 cm³/mol. The van der Waals surface area contributed by atoms with Crippen molar-refractivity contribution in [3.8, 4) is 11.6 Å². The SMILES string of the molecule is Cn1cc(Oc2cnc(C(=N)N)cn2)cn1. The Bertz CT molecular complexity index is 503. The molecule has 0 aromatic carbocycles. The summed E-state index contributed by atoms with van der Waals surface area (Å²) in [4.78, 5) is 7.88. The number of amidine groups is 1. The first-order chi connectivity index (χ1) is 7.65. The minimum atomic E-state index is -0.125. The molecule has 0 spiro atoms. The summed E-state index contributed by atoms with van der Waals surface area (Å²) in [6, 6.07) is 0. The van der Waals surface area contributed by atoms with Gasteiger partial charge in [-0.3, -0.25) is 10.1 Å². The third-order valence-electron chi connectivity index (χ3n) is 1.81. The summed E-state index contributed by atoms with van der Waals surface area (Å²) in [6.07, 6.45) is 6.07. The van der Waals surface area contributed by atoms with E-state index in [0.717, 1.165) is 0 Å². The largest absolute Gasteiger partial charge is 0.434 e. The van der Waals surface area contributed by atoms with Gasteiger partial charge in [0.25, 0.3) is 0 Å². The van der Waals surface area contributed by atoms with Crippen molar-refractivity contribution in [3.05, 3.63) is 30.5 Å². The lowest BCUT2D eigenvalue weighted by molar-refractivity contribution is 0.459. The second-order valence-electron chi connectivity index (χ2n) is 3.11. The highest BCUT2D eigenvalue weighted by Gasteiger charge is 2.03. The molecule has 2 aromatic rings. The van der Waals surface area contributed by atoms with Gasteiger partial charge in [-0.1, -0.05) is 0 Å². The summed E-state index contributed by atoms with van der Waals surface area (Å²) >= 11 is 0. The summed E-state index contributed by atoms with van der Waals surface area (Å²) in [5.74, 6) is 0.783. The van der Waals surface area contributed by atoms with E-state index in [-0.39, 0.29) is 5.84 Å². The minimum absolute atomic E-state index is 0.125. The Balaban J connectivity index is 2.14. The summed E-state index contributed by atoms with van der Waals surface area (Å²) < 4.78 is 6.98. The van der Waals surface area contributed by atoms with Crippen LogP contribution in [0.4, 0.5) is 0 Å². The van der Waals surface area contributed by atoms with E-state index in [0.29, 0.717) is 17.3 Å². The molecule has 2 heterocycles. The topological polar surface area (TPSA) is 103 Å². The first-order valence-electron chi connectivity index (χ1n) is 4.48. The molecule has 0 aliphatic rings. The van der Waals surface area contributed by atoms with Crippen LogP contribution in [-0.4, -0.2) is 25.6 Å². The van der Waals surface area contributed by atoms with Crippen LogP contribution in [0.5, 0.6) is 11.6 Å². The number of nitrogen functional groups attached to an aromatic ring is 1. The van der Waals surface area contributed by atoms with Gasteiger partial charge in [-0.2, -0.15) is 5.10 Å². The average Bonchev–Trinajstić information content (AvgIpc) is 2.65. The molecule has 0 amide bonds. The third-order valence-corrected chi connectivity index (χ3v) is 1.81. The lowest BCUT2D eigenvalue weighted by atomic mass is 10.4. The lowest BCUT2D eigenvalue weighted by Gasteiger charge is -2.01. The highest BCUT2D eigenvalue weighted by molar-refractivity contribution is 5.92. The molecule has 0 saturated heterocycles. The zero-order chi connectivity index (χ0) is 11.5. The lowest BCUT2D eigenvalue weighted by Crippen LogP contribution is -2.13. The number of nitrogens with one attached hydrogen (secondary N) is 1. The number of aromatic nitrogens is 4. The number of nitrogens with two attached hydrogens (primary N) is 1. The fourth-order valence-corrected chi connectivity index (χ4v) is 1.08. The zero-order valence-electron chi connectivity index (χ0n) is 8.58. The van der Waals surface area contributed by atoms with Crippen LogP contribution < -0.4 is 10.5 Å². The van der Waals surface area contributed by atoms with Crippen LogP contribution in [-0.2, 0) is 7.05 Å². The number of aryl methyl sites for hydroxylation is 1. The smallest absolute Gasteiger partial charge is 0.238 e. The van der Waals surface area contributed by atoms with E-state index in [9.17, 15) is 0 Å². The molecule has 3 N–H and O–H groups in total.